The third kappa shape index (κ3) is 3.65. The van der Waals surface area contributed by atoms with Gasteiger partial charge >= 0.3 is 5.97 Å². The zero-order valence-electron chi connectivity index (χ0n) is 13.1. The molecule has 1 unspecified atom stereocenters. The Morgan fingerprint density at radius 3 is 2.65 bits per heavy atom. The van der Waals surface area contributed by atoms with Crippen molar-refractivity contribution in [1.29, 1.82) is 0 Å². The Kier molecular flexibility index (Phi) is 4.51. The summed E-state index contributed by atoms with van der Waals surface area (Å²) in [7, 11) is 1.65. The highest BCUT2D eigenvalue weighted by Crippen LogP contribution is 2.38. The van der Waals surface area contributed by atoms with Crippen LogP contribution in [-0.4, -0.2) is 24.3 Å². The van der Waals surface area contributed by atoms with Crippen molar-refractivity contribution in [3.63, 3.8) is 0 Å². The number of carboxylic acid groups (broad SMARTS) is 1. The highest BCUT2D eigenvalue weighted by Gasteiger charge is 2.29. The molecule has 0 aliphatic carbocycles. The van der Waals surface area contributed by atoms with Crippen LogP contribution in [0.3, 0.4) is 0 Å². The molecule has 2 aromatic carbocycles. The molecule has 4 nitrogen and oxygen atoms in total. The van der Waals surface area contributed by atoms with Crippen molar-refractivity contribution < 1.29 is 19.4 Å². The molecule has 2 aromatic rings. The molecule has 4 heteroatoms. The minimum absolute atomic E-state index is 0.000647. The standard InChI is InChI=1S/C19H20O4/c1-22-15-8-6-13(7-9-15)10-16-11-14(12-19(20)21)17-4-2-3-5-18(17)23-16/h2-9,14,16H,10-12H2,1H3,(H,20,21)/t14?,16-/m0/s1. The normalized spacial score (nSPS) is 19.5. The number of carbonyl (C=O) groups is 1. The number of para-hydroxylation sites is 1. The topological polar surface area (TPSA) is 55.8 Å². The van der Waals surface area contributed by atoms with E-state index in [0.29, 0.717) is 0 Å². The van der Waals surface area contributed by atoms with E-state index in [1.165, 1.54) is 0 Å². The minimum atomic E-state index is -0.769. The quantitative estimate of drug-likeness (QED) is 0.915. The van der Waals surface area contributed by atoms with Gasteiger partial charge in [-0.3, -0.25) is 4.79 Å². The van der Waals surface area contributed by atoms with Crippen LogP contribution in [0, 0.1) is 0 Å². The first-order valence-corrected chi connectivity index (χ1v) is 7.76. The van der Waals surface area contributed by atoms with Crippen molar-refractivity contribution in [1.82, 2.24) is 0 Å². The lowest BCUT2D eigenvalue weighted by Gasteiger charge is -2.31. The van der Waals surface area contributed by atoms with E-state index in [9.17, 15) is 9.90 Å². The summed E-state index contributed by atoms with van der Waals surface area (Å²) >= 11 is 0. The lowest BCUT2D eigenvalue weighted by atomic mass is 9.85. The van der Waals surface area contributed by atoms with E-state index in [2.05, 4.69) is 0 Å². The van der Waals surface area contributed by atoms with Crippen LogP contribution in [0.25, 0.3) is 0 Å². The molecule has 1 N–H and O–H groups in total. The number of methoxy groups -OCH3 is 1. The number of benzene rings is 2. The second-order valence-electron chi connectivity index (χ2n) is 5.86. The highest BCUT2D eigenvalue weighted by atomic mass is 16.5. The van der Waals surface area contributed by atoms with Crippen molar-refractivity contribution in [2.24, 2.45) is 0 Å². The molecule has 0 saturated carbocycles. The zero-order chi connectivity index (χ0) is 16.2. The maximum atomic E-state index is 11.2. The SMILES string of the molecule is COc1ccc(C[C@H]2CC(CC(=O)O)c3ccccc3O2)cc1. The van der Waals surface area contributed by atoms with Gasteiger partial charge in [0.1, 0.15) is 17.6 Å². The second-order valence-corrected chi connectivity index (χ2v) is 5.86. The summed E-state index contributed by atoms with van der Waals surface area (Å²) < 4.78 is 11.2. The lowest BCUT2D eigenvalue weighted by molar-refractivity contribution is -0.137. The summed E-state index contributed by atoms with van der Waals surface area (Å²) in [6.45, 7) is 0. The third-order valence-electron chi connectivity index (χ3n) is 4.24. The van der Waals surface area contributed by atoms with Gasteiger partial charge in [-0.1, -0.05) is 30.3 Å². The van der Waals surface area contributed by atoms with Crippen LogP contribution in [0.2, 0.25) is 0 Å². The van der Waals surface area contributed by atoms with E-state index in [4.69, 9.17) is 9.47 Å². The molecular weight excluding hydrogens is 292 g/mol. The Morgan fingerprint density at radius 1 is 1.22 bits per heavy atom. The number of hydrogen-bond donors (Lipinski definition) is 1. The molecule has 23 heavy (non-hydrogen) atoms. The number of carboxylic acids is 1. The number of fused-ring (bicyclic) bond motifs is 1. The molecule has 1 heterocycles. The first-order valence-electron chi connectivity index (χ1n) is 7.76. The maximum absolute atomic E-state index is 11.2. The van der Waals surface area contributed by atoms with Gasteiger partial charge in [0.05, 0.1) is 13.5 Å². The number of rotatable bonds is 5. The molecule has 0 saturated heterocycles. The van der Waals surface area contributed by atoms with E-state index >= 15 is 0 Å². The molecule has 0 radical (unpaired) electrons. The van der Waals surface area contributed by atoms with Crippen LogP contribution in [0.15, 0.2) is 48.5 Å². The van der Waals surface area contributed by atoms with Gasteiger partial charge in [0, 0.05) is 12.3 Å². The van der Waals surface area contributed by atoms with Crippen molar-refractivity contribution in [2.45, 2.75) is 31.3 Å². The molecule has 2 atom stereocenters. The zero-order valence-corrected chi connectivity index (χ0v) is 13.1. The Bertz CT molecular complexity index is 678. The smallest absolute Gasteiger partial charge is 0.303 e. The van der Waals surface area contributed by atoms with Gasteiger partial charge < -0.3 is 14.6 Å². The second kappa shape index (κ2) is 6.73. The molecular formula is C19H20O4. The van der Waals surface area contributed by atoms with Gasteiger partial charge in [-0.05, 0) is 35.7 Å². The number of ether oxygens (including phenoxy) is 2. The molecule has 0 aromatic heterocycles. The molecule has 0 bridgehead atoms. The molecule has 0 amide bonds. The first-order chi connectivity index (χ1) is 11.2. The van der Waals surface area contributed by atoms with E-state index in [1.54, 1.807) is 7.11 Å². The van der Waals surface area contributed by atoms with Gasteiger partial charge in [0.25, 0.3) is 0 Å². The largest absolute Gasteiger partial charge is 0.497 e. The van der Waals surface area contributed by atoms with Crippen LogP contribution >= 0.6 is 0 Å². The molecule has 120 valence electrons. The van der Waals surface area contributed by atoms with Crippen LogP contribution in [0.1, 0.15) is 29.9 Å². The number of hydrogen-bond acceptors (Lipinski definition) is 3. The summed E-state index contributed by atoms with van der Waals surface area (Å²) in [6, 6.07) is 15.6. The summed E-state index contributed by atoms with van der Waals surface area (Å²) in [5.41, 5.74) is 2.16. The fourth-order valence-corrected chi connectivity index (χ4v) is 3.15. The number of aliphatic carboxylic acids is 1. The van der Waals surface area contributed by atoms with Crippen molar-refractivity contribution in [3.8, 4) is 11.5 Å². The molecule has 0 spiro atoms. The average molecular weight is 312 g/mol. The monoisotopic (exact) mass is 312 g/mol. The van der Waals surface area contributed by atoms with Crippen molar-refractivity contribution in [2.75, 3.05) is 7.11 Å². The highest BCUT2D eigenvalue weighted by molar-refractivity contribution is 5.68. The van der Waals surface area contributed by atoms with Crippen LogP contribution in [0.5, 0.6) is 11.5 Å². The van der Waals surface area contributed by atoms with E-state index in [1.807, 2.05) is 48.5 Å². The summed E-state index contributed by atoms with van der Waals surface area (Å²) in [4.78, 5) is 11.2. The molecule has 1 aliphatic heterocycles. The first kappa shape index (κ1) is 15.4. The Hall–Kier alpha value is -2.49. The van der Waals surface area contributed by atoms with Gasteiger partial charge in [0.15, 0.2) is 0 Å². The predicted molar refractivity (Wildman–Crippen MR) is 87.2 cm³/mol. The van der Waals surface area contributed by atoms with Gasteiger partial charge in [-0.25, -0.2) is 0 Å². The summed E-state index contributed by atoms with van der Waals surface area (Å²) in [5.74, 6) is 0.867. The molecule has 1 aliphatic rings. The summed E-state index contributed by atoms with van der Waals surface area (Å²) in [6.07, 6.45) is 1.60. The van der Waals surface area contributed by atoms with Gasteiger partial charge in [-0.2, -0.15) is 0 Å². The fourth-order valence-electron chi connectivity index (χ4n) is 3.15. The summed E-state index contributed by atoms with van der Waals surface area (Å²) in [5, 5.41) is 9.17. The van der Waals surface area contributed by atoms with Crippen molar-refractivity contribution in [3.05, 3.63) is 59.7 Å². The molecule has 3 rings (SSSR count). The van der Waals surface area contributed by atoms with E-state index in [-0.39, 0.29) is 18.4 Å². The third-order valence-corrected chi connectivity index (χ3v) is 4.24. The van der Waals surface area contributed by atoms with Crippen LogP contribution < -0.4 is 9.47 Å². The van der Waals surface area contributed by atoms with Crippen LogP contribution in [0.4, 0.5) is 0 Å². The van der Waals surface area contributed by atoms with E-state index in [0.717, 1.165) is 35.5 Å². The van der Waals surface area contributed by atoms with Crippen molar-refractivity contribution >= 4 is 5.97 Å². The molecule has 0 fully saturated rings. The van der Waals surface area contributed by atoms with Gasteiger partial charge in [-0.15, -0.1) is 0 Å². The van der Waals surface area contributed by atoms with Crippen LogP contribution in [-0.2, 0) is 11.2 Å². The maximum Gasteiger partial charge on any atom is 0.303 e. The Morgan fingerprint density at radius 2 is 1.96 bits per heavy atom. The average Bonchev–Trinajstić information content (AvgIpc) is 2.55. The lowest BCUT2D eigenvalue weighted by Crippen LogP contribution is -2.28. The van der Waals surface area contributed by atoms with E-state index < -0.39 is 5.97 Å². The minimum Gasteiger partial charge on any atom is -0.497 e. The Labute approximate surface area is 135 Å². The Balaban J connectivity index is 1.77. The predicted octanol–water partition coefficient (Wildman–Crippen LogP) is 3.65. The van der Waals surface area contributed by atoms with Gasteiger partial charge in [0.2, 0.25) is 0 Å². The fraction of sp³-hybridized carbons (Fsp3) is 0.316.